The third-order valence-corrected chi connectivity index (χ3v) is 8.07. The first-order valence-electron chi connectivity index (χ1n) is 12.1. The Hall–Kier alpha value is -3.05. The summed E-state index contributed by atoms with van der Waals surface area (Å²) in [5.74, 6) is 0.549. The molecule has 0 radical (unpaired) electrons. The van der Waals surface area contributed by atoms with Crippen LogP contribution in [-0.4, -0.2) is 26.6 Å². The van der Waals surface area contributed by atoms with E-state index in [0.717, 1.165) is 63.7 Å². The second-order valence-corrected chi connectivity index (χ2v) is 10.3. The molecule has 5 heteroatoms. The van der Waals surface area contributed by atoms with E-state index in [0.29, 0.717) is 5.92 Å². The third kappa shape index (κ3) is 4.14. The summed E-state index contributed by atoms with van der Waals surface area (Å²) >= 11 is 1.51. The van der Waals surface area contributed by atoms with Gasteiger partial charge in [0.2, 0.25) is 0 Å². The van der Waals surface area contributed by atoms with Crippen molar-refractivity contribution in [2.24, 2.45) is 10.9 Å². The van der Waals surface area contributed by atoms with Gasteiger partial charge in [-0.25, -0.2) is 4.99 Å². The fourth-order valence-corrected chi connectivity index (χ4v) is 6.31. The van der Waals surface area contributed by atoms with Gasteiger partial charge in [0, 0.05) is 34.7 Å². The maximum Gasteiger partial charge on any atom is 0.267 e. The minimum atomic E-state index is 0.0818. The molecule has 2 atom stereocenters. The van der Waals surface area contributed by atoms with Crippen LogP contribution in [0.25, 0.3) is 17.0 Å². The van der Waals surface area contributed by atoms with E-state index in [1.807, 2.05) is 41.3 Å². The van der Waals surface area contributed by atoms with Gasteiger partial charge < -0.3 is 4.57 Å². The number of carbonyl (C=O) groups is 1. The van der Waals surface area contributed by atoms with Crippen LogP contribution in [0.1, 0.15) is 43.9 Å². The molecule has 0 spiro atoms. The predicted octanol–water partition coefficient (Wildman–Crippen LogP) is 7.32. The maximum atomic E-state index is 13.9. The molecule has 2 fully saturated rings. The summed E-state index contributed by atoms with van der Waals surface area (Å²) in [4.78, 5) is 21.5. The van der Waals surface area contributed by atoms with Crippen LogP contribution in [0.4, 0.5) is 5.69 Å². The van der Waals surface area contributed by atoms with Crippen molar-refractivity contribution in [2.75, 3.05) is 0 Å². The number of allylic oxidation sites excluding steroid dienone is 1. The Kier molecular flexibility index (Phi) is 6.46. The van der Waals surface area contributed by atoms with Crippen molar-refractivity contribution in [3.8, 4) is 0 Å². The van der Waals surface area contributed by atoms with Crippen LogP contribution in [0.2, 0.25) is 0 Å². The Morgan fingerprint density at radius 1 is 1.09 bits per heavy atom. The molecule has 1 saturated heterocycles. The molecule has 174 valence electrons. The zero-order valence-corrected chi connectivity index (χ0v) is 20.7. The smallest absolute Gasteiger partial charge is 0.267 e. The highest BCUT2D eigenvalue weighted by Crippen LogP contribution is 2.41. The highest BCUT2D eigenvalue weighted by Gasteiger charge is 2.41. The van der Waals surface area contributed by atoms with E-state index in [4.69, 9.17) is 4.99 Å². The Balaban J connectivity index is 1.61. The number of aliphatic imine (C=N–C) groups is 1. The highest BCUT2D eigenvalue weighted by molar-refractivity contribution is 8.18. The van der Waals surface area contributed by atoms with Crippen molar-refractivity contribution >= 4 is 45.5 Å². The Labute approximate surface area is 206 Å². The van der Waals surface area contributed by atoms with Gasteiger partial charge in [0.1, 0.15) is 0 Å². The van der Waals surface area contributed by atoms with Gasteiger partial charge >= 0.3 is 0 Å². The number of aromatic nitrogens is 1. The largest absolute Gasteiger partial charge is 0.340 e. The SMILES string of the molecule is C=CCn1c(C)c(/C=C2\SC(=Nc3ccccc3)N([C@H]3CCCC[C@H]3C)C2=O)c2ccccc21. The number of hydrogen-bond acceptors (Lipinski definition) is 3. The lowest BCUT2D eigenvalue weighted by Crippen LogP contribution is -2.44. The molecule has 2 heterocycles. The molecular formula is C29H31N3OS. The van der Waals surface area contributed by atoms with Crippen molar-refractivity contribution in [3.63, 3.8) is 0 Å². The topological polar surface area (TPSA) is 37.6 Å². The van der Waals surface area contributed by atoms with Gasteiger partial charge in [-0.1, -0.05) is 62.2 Å². The molecule has 1 aliphatic heterocycles. The molecule has 3 aromatic rings. The Morgan fingerprint density at radius 3 is 2.59 bits per heavy atom. The molecule has 0 bridgehead atoms. The minimum Gasteiger partial charge on any atom is -0.340 e. The van der Waals surface area contributed by atoms with E-state index < -0.39 is 0 Å². The van der Waals surface area contributed by atoms with Gasteiger partial charge in [-0.05, 0) is 61.7 Å². The second-order valence-electron chi connectivity index (χ2n) is 9.26. The van der Waals surface area contributed by atoms with Crippen molar-refractivity contribution < 1.29 is 4.79 Å². The van der Waals surface area contributed by atoms with Crippen LogP contribution in [0.5, 0.6) is 0 Å². The van der Waals surface area contributed by atoms with Crippen LogP contribution in [0, 0.1) is 12.8 Å². The molecule has 0 unspecified atom stereocenters. The number of amidine groups is 1. The van der Waals surface area contributed by atoms with E-state index in [1.165, 1.54) is 18.2 Å². The normalized spacial score (nSPS) is 23.4. The molecule has 2 aliphatic rings. The molecule has 0 N–H and O–H groups in total. The van der Waals surface area contributed by atoms with E-state index in [1.54, 1.807) is 0 Å². The molecule has 5 rings (SSSR count). The van der Waals surface area contributed by atoms with E-state index in [2.05, 4.69) is 55.3 Å². The number of amides is 1. The lowest BCUT2D eigenvalue weighted by molar-refractivity contribution is -0.124. The first kappa shape index (κ1) is 22.7. The maximum absolute atomic E-state index is 13.9. The summed E-state index contributed by atoms with van der Waals surface area (Å²) in [6.45, 7) is 9.07. The first-order chi connectivity index (χ1) is 16.6. The fourth-order valence-electron chi connectivity index (χ4n) is 5.29. The molecule has 1 aromatic heterocycles. The quantitative estimate of drug-likeness (QED) is 0.290. The van der Waals surface area contributed by atoms with Crippen LogP contribution in [0.3, 0.4) is 0 Å². The number of rotatable bonds is 5. The van der Waals surface area contributed by atoms with Gasteiger partial charge in [-0.2, -0.15) is 0 Å². The van der Waals surface area contributed by atoms with Crippen LogP contribution in [-0.2, 0) is 11.3 Å². The average Bonchev–Trinajstić information content (AvgIpc) is 3.29. The summed E-state index contributed by atoms with van der Waals surface area (Å²) in [6.07, 6.45) is 8.59. The lowest BCUT2D eigenvalue weighted by Gasteiger charge is -2.35. The van der Waals surface area contributed by atoms with Crippen LogP contribution < -0.4 is 0 Å². The number of carbonyl (C=O) groups excluding carboxylic acids is 1. The Bertz CT molecular complexity index is 1290. The zero-order valence-electron chi connectivity index (χ0n) is 19.9. The summed E-state index contributed by atoms with van der Waals surface area (Å²) < 4.78 is 2.26. The van der Waals surface area contributed by atoms with E-state index in [9.17, 15) is 4.79 Å². The van der Waals surface area contributed by atoms with Crippen molar-refractivity contribution in [1.82, 2.24) is 9.47 Å². The van der Waals surface area contributed by atoms with Crippen LogP contribution >= 0.6 is 11.8 Å². The highest BCUT2D eigenvalue weighted by atomic mass is 32.2. The van der Waals surface area contributed by atoms with Gasteiger partial charge in [0.25, 0.3) is 5.91 Å². The molecular weight excluding hydrogens is 438 g/mol. The molecule has 1 aliphatic carbocycles. The van der Waals surface area contributed by atoms with Gasteiger partial charge in [-0.3, -0.25) is 9.69 Å². The zero-order chi connectivity index (χ0) is 23.7. The number of benzene rings is 2. The van der Waals surface area contributed by atoms with E-state index in [-0.39, 0.29) is 11.9 Å². The van der Waals surface area contributed by atoms with E-state index >= 15 is 0 Å². The number of thioether (sulfide) groups is 1. The number of nitrogens with zero attached hydrogens (tertiary/aromatic N) is 3. The molecule has 34 heavy (non-hydrogen) atoms. The van der Waals surface area contributed by atoms with Crippen molar-refractivity contribution in [3.05, 3.63) is 83.4 Å². The lowest BCUT2D eigenvalue weighted by atomic mass is 9.85. The third-order valence-electron chi connectivity index (χ3n) is 7.08. The van der Waals surface area contributed by atoms with Crippen molar-refractivity contribution in [1.29, 1.82) is 0 Å². The van der Waals surface area contributed by atoms with Crippen LogP contribution in [0.15, 0.2) is 77.1 Å². The number of fused-ring (bicyclic) bond motifs is 1. The predicted molar refractivity (Wildman–Crippen MR) is 144 cm³/mol. The van der Waals surface area contributed by atoms with Crippen molar-refractivity contribution in [2.45, 2.75) is 52.1 Å². The standard InChI is InChI=1S/C29H31N3OS/c1-4-18-31-21(3)24(23-15-9-11-17-26(23)31)19-27-28(33)32(25-16-10-8-12-20(25)2)29(34-27)30-22-13-6-5-7-14-22/h4-7,9,11,13-15,17,19-20,25H,1,8,10,12,16,18H2,2-3H3/b27-19-,30-29?/t20-,25+/m1/s1. The average molecular weight is 470 g/mol. The first-order valence-corrected chi connectivity index (χ1v) is 13.0. The summed E-state index contributed by atoms with van der Waals surface area (Å²) in [6, 6.07) is 18.6. The van der Waals surface area contributed by atoms with Gasteiger partial charge in [0.15, 0.2) is 5.17 Å². The number of para-hydroxylation sites is 2. The van der Waals surface area contributed by atoms with Gasteiger partial charge in [-0.15, -0.1) is 6.58 Å². The van der Waals surface area contributed by atoms with Gasteiger partial charge in [0.05, 0.1) is 10.6 Å². The fraction of sp³-hybridized carbons (Fsp3) is 0.310. The molecule has 1 amide bonds. The summed E-state index contributed by atoms with van der Waals surface area (Å²) in [5, 5.41) is 1.96. The molecule has 4 nitrogen and oxygen atoms in total. The summed E-state index contributed by atoms with van der Waals surface area (Å²) in [5.41, 5.74) is 4.29. The number of hydrogen-bond donors (Lipinski definition) is 0. The molecule has 2 aromatic carbocycles. The molecule has 1 saturated carbocycles. The minimum absolute atomic E-state index is 0.0818. The monoisotopic (exact) mass is 469 g/mol. The summed E-state index contributed by atoms with van der Waals surface area (Å²) in [7, 11) is 0. The Morgan fingerprint density at radius 2 is 1.82 bits per heavy atom. The second kappa shape index (κ2) is 9.67.